The van der Waals surface area contributed by atoms with Crippen molar-refractivity contribution in [3.63, 3.8) is 0 Å². The summed E-state index contributed by atoms with van der Waals surface area (Å²) in [4.78, 5) is 7.03. The molecule has 0 saturated carbocycles. The van der Waals surface area contributed by atoms with E-state index < -0.39 is 0 Å². The number of hydrogen-bond donors (Lipinski definition) is 2. The molecule has 2 heterocycles. The molecule has 3 aromatic rings. The molecule has 118 valence electrons. The summed E-state index contributed by atoms with van der Waals surface area (Å²) in [5.74, 6) is 0. The molecule has 1 fully saturated rings. The minimum absolute atomic E-state index is 0.964. The van der Waals surface area contributed by atoms with Gasteiger partial charge < -0.3 is 10.6 Å². The summed E-state index contributed by atoms with van der Waals surface area (Å²) >= 11 is 0. The molecule has 0 bridgehead atoms. The maximum absolute atomic E-state index is 4.53. The third-order valence-electron chi connectivity index (χ3n) is 4.56. The normalized spacial score (nSPS) is 16.0. The maximum atomic E-state index is 4.53. The zero-order valence-corrected chi connectivity index (χ0v) is 13.3. The third-order valence-corrected chi connectivity index (χ3v) is 4.56. The smallest absolute Gasteiger partial charge is 0.0729 e. The molecule has 1 aliphatic heterocycles. The van der Waals surface area contributed by atoms with E-state index in [1.165, 1.54) is 21.8 Å². The van der Waals surface area contributed by atoms with Crippen LogP contribution in [0.2, 0.25) is 0 Å². The number of pyridine rings is 1. The lowest BCUT2D eigenvalue weighted by Crippen LogP contribution is -2.45. The molecule has 2 N–H and O–H groups in total. The fourth-order valence-electron chi connectivity index (χ4n) is 3.27. The van der Waals surface area contributed by atoms with E-state index in [1.807, 2.05) is 6.20 Å². The summed E-state index contributed by atoms with van der Waals surface area (Å²) < 4.78 is 0. The van der Waals surface area contributed by atoms with Gasteiger partial charge in [0.2, 0.25) is 0 Å². The predicted molar refractivity (Wildman–Crippen MR) is 97.0 cm³/mol. The van der Waals surface area contributed by atoms with Gasteiger partial charge in [-0.05, 0) is 29.0 Å². The standard InChI is InChI=1S/C19H22N4/c1-2-4-16-14-19-17(13-15(16)3-1)18(5-6-21-19)22-9-12-23-10-7-20-8-11-23/h1-6,13-14,20H,7-12H2,(H,21,22). The van der Waals surface area contributed by atoms with Crippen molar-refractivity contribution in [2.45, 2.75) is 0 Å². The lowest BCUT2D eigenvalue weighted by molar-refractivity contribution is 0.249. The number of piperazine rings is 1. The number of rotatable bonds is 4. The Morgan fingerprint density at radius 3 is 2.65 bits per heavy atom. The van der Waals surface area contributed by atoms with Gasteiger partial charge in [-0.25, -0.2) is 0 Å². The van der Waals surface area contributed by atoms with Crippen molar-refractivity contribution < 1.29 is 0 Å². The first-order valence-electron chi connectivity index (χ1n) is 8.35. The van der Waals surface area contributed by atoms with Gasteiger partial charge >= 0.3 is 0 Å². The molecule has 0 spiro atoms. The van der Waals surface area contributed by atoms with Crippen LogP contribution in [0.1, 0.15) is 0 Å². The first kappa shape index (κ1) is 14.4. The van der Waals surface area contributed by atoms with Crippen LogP contribution < -0.4 is 10.6 Å². The first-order valence-corrected chi connectivity index (χ1v) is 8.35. The Morgan fingerprint density at radius 1 is 1.04 bits per heavy atom. The lowest BCUT2D eigenvalue weighted by Gasteiger charge is -2.27. The molecule has 0 atom stereocenters. The second-order valence-electron chi connectivity index (χ2n) is 6.09. The SMILES string of the molecule is c1ccc2cc3c(NCCN4CCNCC4)ccnc3cc2c1. The Labute approximate surface area is 136 Å². The van der Waals surface area contributed by atoms with Crippen molar-refractivity contribution in [2.75, 3.05) is 44.6 Å². The van der Waals surface area contributed by atoms with Gasteiger partial charge in [0.05, 0.1) is 5.52 Å². The number of nitrogens with zero attached hydrogens (tertiary/aromatic N) is 2. The highest BCUT2D eigenvalue weighted by atomic mass is 15.2. The Bertz CT molecular complexity index is 809. The average Bonchev–Trinajstić information content (AvgIpc) is 2.61. The van der Waals surface area contributed by atoms with Gasteiger partial charge in [-0.2, -0.15) is 0 Å². The first-order chi connectivity index (χ1) is 11.4. The molecule has 4 nitrogen and oxygen atoms in total. The predicted octanol–water partition coefficient (Wildman–Crippen LogP) is 2.71. The summed E-state index contributed by atoms with van der Waals surface area (Å²) in [6.07, 6.45) is 1.89. The topological polar surface area (TPSA) is 40.2 Å². The molecule has 0 unspecified atom stereocenters. The summed E-state index contributed by atoms with van der Waals surface area (Å²) in [6.45, 7) is 6.53. The molecule has 1 aromatic heterocycles. The Balaban J connectivity index is 1.55. The number of hydrogen-bond acceptors (Lipinski definition) is 4. The van der Waals surface area contributed by atoms with Gasteiger partial charge in [-0.1, -0.05) is 24.3 Å². The van der Waals surface area contributed by atoms with Gasteiger partial charge in [0.1, 0.15) is 0 Å². The summed E-state index contributed by atoms with van der Waals surface area (Å²) in [5, 5.41) is 10.7. The van der Waals surface area contributed by atoms with E-state index in [2.05, 4.69) is 63.0 Å². The molecular formula is C19H22N4. The minimum Gasteiger partial charge on any atom is -0.383 e. The molecule has 0 amide bonds. The molecule has 1 aliphatic rings. The molecule has 4 heteroatoms. The van der Waals surface area contributed by atoms with E-state index in [0.29, 0.717) is 0 Å². The number of fused-ring (bicyclic) bond motifs is 2. The van der Waals surface area contributed by atoms with Gasteiger partial charge in [0, 0.05) is 56.5 Å². The van der Waals surface area contributed by atoms with Crippen LogP contribution in [0.3, 0.4) is 0 Å². The summed E-state index contributed by atoms with van der Waals surface area (Å²) in [5.41, 5.74) is 2.23. The van der Waals surface area contributed by atoms with Crippen molar-refractivity contribution >= 4 is 27.4 Å². The van der Waals surface area contributed by atoms with E-state index in [9.17, 15) is 0 Å². The number of benzene rings is 2. The number of aromatic nitrogens is 1. The van der Waals surface area contributed by atoms with Crippen LogP contribution in [0.25, 0.3) is 21.7 Å². The summed E-state index contributed by atoms with van der Waals surface area (Å²) in [6, 6.07) is 14.9. The van der Waals surface area contributed by atoms with Crippen LogP contribution in [-0.4, -0.2) is 49.2 Å². The van der Waals surface area contributed by atoms with Crippen LogP contribution in [0.15, 0.2) is 48.7 Å². The van der Waals surface area contributed by atoms with E-state index >= 15 is 0 Å². The van der Waals surface area contributed by atoms with Crippen LogP contribution in [-0.2, 0) is 0 Å². The maximum Gasteiger partial charge on any atom is 0.0729 e. The van der Waals surface area contributed by atoms with Crippen LogP contribution in [0.5, 0.6) is 0 Å². The van der Waals surface area contributed by atoms with E-state index in [0.717, 1.165) is 44.8 Å². The molecule has 23 heavy (non-hydrogen) atoms. The fourth-order valence-corrected chi connectivity index (χ4v) is 3.27. The minimum atomic E-state index is 0.964. The van der Waals surface area contributed by atoms with Gasteiger partial charge in [-0.15, -0.1) is 0 Å². The van der Waals surface area contributed by atoms with Gasteiger partial charge in [-0.3, -0.25) is 9.88 Å². The molecule has 0 aliphatic carbocycles. The second-order valence-corrected chi connectivity index (χ2v) is 6.09. The quantitative estimate of drug-likeness (QED) is 0.727. The third kappa shape index (κ3) is 3.14. The second kappa shape index (κ2) is 6.52. The zero-order chi connectivity index (χ0) is 15.5. The Kier molecular flexibility index (Phi) is 4.09. The zero-order valence-electron chi connectivity index (χ0n) is 13.3. The van der Waals surface area contributed by atoms with Crippen molar-refractivity contribution in [3.8, 4) is 0 Å². The fraction of sp³-hybridized carbons (Fsp3) is 0.316. The molecule has 1 saturated heterocycles. The van der Waals surface area contributed by atoms with E-state index in [4.69, 9.17) is 0 Å². The van der Waals surface area contributed by atoms with Crippen molar-refractivity contribution in [2.24, 2.45) is 0 Å². The van der Waals surface area contributed by atoms with Gasteiger partial charge in [0.15, 0.2) is 0 Å². The molecule has 2 aromatic carbocycles. The van der Waals surface area contributed by atoms with Gasteiger partial charge in [0.25, 0.3) is 0 Å². The largest absolute Gasteiger partial charge is 0.383 e. The monoisotopic (exact) mass is 306 g/mol. The lowest BCUT2D eigenvalue weighted by atomic mass is 10.1. The summed E-state index contributed by atoms with van der Waals surface area (Å²) in [7, 11) is 0. The van der Waals surface area contributed by atoms with Crippen LogP contribution in [0.4, 0.5) is 5.69 Å². The van der Waals surface area contributed by atoms with Crippen molar-refractivity contribution in [1.29, 1.82) is 0 Å². The number of anilines is 1. The van der Waals surface area contributed by atoms with E-state index in [-0.39, 0.29) is 0 Å². The molecular weight excluding hydrogens is 284 g/mol. The average molecular weight is 306 g/mol. The van der Waals surface area contributed by atoms with E-state index in [1.54, 1.807) is 0 Å². The highest BCUT2D eigenvalue weighted by Gasteiger charge is 2.09. The molecule has 4 rings (SSSR count). The van der Waals surface area contributed by atoms with Crippen LogP contribution >= 0.6 is 0 Å². The highest BCUT2D eigenvalue weighted by molar-refractivity contribution is 6.01. The molecule has 0 radical (unpaired) electrons. The van der Waals surface area contributed by atoms with Crippen molar-refractivity contribution in [1.82, 2.24) is 15.2 Å². The Morgan fingerprint density at radius 2 is 1.83 bits per heavy atom. The Hall–Kier alpha value is -2.17. The van der Waals surface area contributed by atoms with Crippen LogP contribution in [0, 0.1) is 0 Å². The number of nitrogens with one attached hydrogen (secondary N) is 2. The van der Waals surface area contributed by atoms with Crippen molar-refractivity contribution in [3.05, 3.63) is 48.7 Å². The highest BCUT2D eigenvalue weighted by Crippen LogP contribution is 2.26.